The van der Waals surface area contributed by atoms with Crippen molar-refractivity contribution in [2.75, 3.05) is 0 Å². The average molecular weight is 385 g/mol. The zero-order valence-electron chi connectivity index (χ0n) is 15.1. The summed E-state index contributed by atoms with van der Waals surface area (Å²) in [6.07, 6.45) is -3.13. The molecule has 0 aliphatic heterocycles. The Balaban J connectivity index is 1.67. The van der Waals surface area contributed by atoms with Gasteiger partial charge in [-0.15, -0.1) is 0 Å². The molecule has 7 heteroatoms. The highest BCUT2D eigenvalue weighted by molar-refractivity contribution is 5.83. The van der Waals surface area contributed by atoms with Gasteiger partial charge in [0.25, 0.3) is 0 Å². The fourth-order valence-electron chi connectivity index (χ4n) is 2.84. The van der Waals surface area contributed by atoms with Gasteiger partial charge in [-0.05, 0) is 42.8 Å². The molecule has 1 aromatic heterocycles. The van der Waals surface area contributed by atoms with Gasteiger partial charge in [-0.2, -0.15) is 18.3 Å². The zero-order chi connectivity index (χ0) is 20.1. The molecule has 2 aromatic carbocycles. The highest BCUT2D eigenvalue weighted by Gasteiger charge is 2.30. The van der Waals surface area contributed by atoms with E-state index in [4.69, 9.17) is 0 Å². The maximum atomic E-state index is 12.7. The van der Waals surface area contributed by atoms with E-state index in [0.717, 1.165) is 29.2 Å². The van der Waals surface area contributed by atoms with E-state index >= 15 is 0 Å². The van der Waals surface area contributed by atoms with Crippen LogP contribution in [0.25, 0.3) is 5.69 Å². The summed E-state index contributed by atoms with van der Waals surface area (Å²) in [5.74, 6) is -0.495. The first-order chi connectivity index (χ1) is 13.3. The van der Waals surface area contributed by atoms with Crippen molar-refractivity contribution in [3.05, 3.63) is 89.2 Å². The van der Waals surface area contributed by atoms with E-state index in [-0.39, 0.29) is 12.0 Å². The number of carbonyl (C=O) groups is 1. The number of para-hydroxylation sites is 1. The zero-order valence-corrected chi connectivity index (χ0v) is 15.1. The molecule has 3 rings (SSSR count). The van der Waals surface area contributed by atoms with Crippen LogP contribution in [-0.4, -0.2) is 16.7 Å². The Kier molecular flexibility index (Phi) is 5.63. The van der Waals surface area contributed by atoms with Crippen LogP contribution in [0, 0.1) is 6.92 Å². The van der Waals surface area contributed by atoms with Gasteiger partial charge in [0.1, 0.15) is 0 Å². The fourth-order valence-corrected chi connectivity index (χ4v) is 2.84. The number of aryl methyl sites for hydroxylation is 1. The van der Waals surface area contributed by atoms with Gasteiger partial charge in [0.2, 0.25) is 5.91 Å². The number of nitrogens with one attached hydrogen (secondary N) is 1. The van der Waals surface area contributed by atoms with Gasteiger partial charge in [0.05, 0.1) is 23.9 Å². The number of hydrogen-bond donors (Lipinski definition) is 1. The van der Waals surface area contributed by atoms with Crippen LogP contribution in [0.15, 0.2) is 71.8 Å². The summed E-state index contributed by atoms with van der Waals surface area (Å²) in [7, 11) is 0. The lowest BCUT2D eigenvalue weighted by Crippen LogP contribution is -2.20. The second kappa shape index (κ2) is 8.12. The van der Waals surface area contributed by atoms with Crippen LogP contribution in [0.1, 0.15) is 22.5 Å². The number of hydrogen-bond acceptors (Lipinski definition) is 2. The first-order valence-corrected chi connectivity index (χ1v) is 8.56. The minimum atomic E-state index is -4.44. The molecule has 0 spiro atoms. The standard InChI is InChI=1S/C21H18F3N3O/c1-15-10-11-19(27(15)18-8-3-2-4-9-18)14-25-26-20(28)13-16-6-5-7-17(12-16)21(22,23)24/h2-12,14H,13H2,1H3,(H,26,28)/b25-14-. The van der Waals surface area contributed by atoms with Crippen molar-refractivity contribution in [1.82, 2.24) is 9.99 Å². The van der Waals surface area contributed by atoms with Crippen molar-refractivity contribution < 1.29 is 18.0 Å². The van der Waals surface area contributed by atoms with Crippen LogP contribution in [0.3, 0.4) is 0 Å². The van der Waals surface area contributed by atoms with E-state index < -0.39 is 17.6 Å². The Bertz CT molecular complexity index is 992. The number of aromatic nitrogens is 1. The number of amides is 1. The Morgan fingerprint density at radius 1 is 1.07 bits per heavy atom. The van der Waals surface area contributed by atoms with Crippen LogP contribution >= 0.6 is 0 Å². The molecule has 1 heterocycles. The maximum absolute atomic E-state index is 12.7. The third kappa shape index (κ3) is 4.68. The Morgan fingerprint density at radius 3 is 2.54 bits per heavy atom. The van der Waals surface area contributed by atoms with E-state index in [9.17, 15) is 18.0 Å². The molecule has 3 aromatic rings. The van der Waals surface area contributed by atoms with E-state index in [0.29, 0.717) is 0 Å². The molecule has 0 unspecified atom stereocenters. The predicted molar refractivity (Wildman–Crippen MR) is 101 cm³/mol. The summed E-state index contributed by atoms with van der Waals surface area (Å²) in [6, 6.07) is 18.2. The minimum absolute atomic E-state index is 0.194. The molecule has 0 aliphatic carbocycles. The molecule has 0 saturated heterocycles. The molecule has 1 amide bonds. The van der Waals surface area contributed by atoms with Crippen molar-refractivity contribution in [3.8, 4) is 5.69 Å². The monoisotopic (exact) mass is 385 g/mol. The summed E-state index contributed by atoms with van der Waals surface area (Å²) in [4.78, 5) is 12.0. The smallest absolute Gasteiger partial charge is 0.313 e. The average Bonchev–Trinajstić information content (AvgIpc) is 3.02. The number of benzene rings is 2. The van der Waals surface area contributed by atoms with Crippen molar-refractivity contribution >= 4 is 12.1 Å². The van der Waals surface area contributed by atoms with Crippen molar-refractivity contribution in [3.63, 3.8) is 0 Å². The molecule has 28 heavy (non-hydrogen) atoms. The molecule has 0 fully saturated rings. The Hall–Kier alpha value is -3.35. The van der Waals surface area contributed by atoms with Crippen molar-refractivity contribution in [1.29, 1.82) is 0 Å². The van der Waals surface area contributed by atoms with Crippen LogP contribution in [0.4, 0.5) is 13.2 Å². The molecular formula is C21H18F3N3O. The molecule has 4 nitrogen and oxygen atoms in total. The molecule has 0 bridgehead atoms. The lowest BCUT2D eigenvalue weighted by molar-refractivity contribution is -0.137. The van der Waals surface area contributed by atoms with Crippen molar-refractivity contribution in [2.45, 2.75) is 19.5 Å². The van der Waals surface area contributed by atoms with E-state index in [2.05, 4.69) is 10.5 Å². The van der Waals surface area contributed by atoms with Gasteiger partial charge in [0.15, 0.2) is 0 Å². The first kappa shape index (κ1) is 19.4. The van der Waals surface area contributed by atoms with E-state index in [1.165, 1.54) is 18.3 Å². The van der Waals surface area contributed by atoms with E-state index in [1.807, 2.05) is 54.0 Å². The third-order valence-electron chi connectivity index (χ3n) is 4.13. The molecule has 1 N–H and O–H groups in total. The summed E-state index contributed by atoms with van der Waals surface area (Å²) in [5, 5.41) is 3.94. The first-order valence-electron chi connectivity index (χ1n) is 8.56. The van der Waals surface area contributed by atoms with Crippen molar-refractivity contribution in [2.24, 2.45) is 5.10 Å². The number of hydrazone groups is 1. The number of halogens is 3. The van der Waals surface area contributed by atoms with Gasteiger partial charge >= 0.3 is 6.18 Å². The predicted octanol–water partition coefficient (Wildman–Crippen LogP) is 4.50. The molecule has 0 saturated carbocycles. The number of carbonyl (C=O) groups excluding carboxylic acids is 1. The lowest BCUT2D eigenvalue weighted by atomic mass is 10.1. The second-order valence-electron chi connectivity index (χ2n) is 6.24. The lowest BCUT2D eigenvalue weighted by Gasteiger charge is -2.09. The topological polar surface area (TPSA) is 46.4 Å². The highest BCUT2D eigenvalue weighted by atomic mass is 19.4. The maximum Gasteiger partial charge on any atom is 0.416 e. The summed E-state index contributed by atoms with van der Waals surface area (Å²) in [5.41, 5.74) is 4.58. The number of rotatable bonds is 5. The Labute approximate surface area is 160 Å². The summed E-state index contributed by atoms with van der Waals surface area (Å²) >= 11 is 0. The summed E-state index contributed by atoms with van der Waals surface area (Å²) < 4.78 is 40.2. The highest BCUT2D eigenvalue weighted by Crippen LogP contribution is 2.29. The van der Waals surface area contributed by atoms with Gasteiger partial charge in [-0.25, -0.2) is 5.43 Å². The normalized spacial score (nSPS) is 11.7. The van der Waals surface area contributed by atoms with Crippen LogP contribution in [-0.2, 0) is 17.4 Å². The Morgan fingerprint density at radius 2 is 1.82 bits per heavy atom. The van der Waals surface area contributed by atoms with Crippen LogP contribution in [0.5, 0.6) is 0 Å². The van der Waals surface area contributed by atoms with Gasteiger partial charge < -0.3 is 4.57 Å². The SMILES string of the molecule is Cc1ccc(/C=N\NC(=O)Cc2cccc(C(F)(F)F)c2)n1-c1ccccc1. The van der Waals surface area contributed by atoms with Gasteiger partial charge in [-0.3, -0.25) is 4.79 Å². The molecular weight excluding hydrogens is 367 g/mol. The quantitative estimate of drug-likeness (QED) is 0.510. The minimum Gasteiger partial charge on any atom is -0.313 e. The molecule has 0 atom stereocenters. The fraction of sp³-hybridized carbons (Fsp3) is 0.143. The second-order valence-corrected chi connectivity index (χ2v) is 6.24. The van der Waals surface area contributed by atoms with Crippen LogP contribution < -0.4 is 5.43 Å². The third-order valence-corrected chi connectivity index (χ3v) is 4.13. The molecule has 0 aliphatic rings. The number of nitrogens with zero attached hydrogens (tertiary/aromatic N) is 2. The molecule has 0 radical (unpaired) electrons. The van der Waals surface area contributed by atoms with Gasteiger partial charge in [0, 0.05) is 11.4 Å². The van der Waals surface area contributed by atoms with E-state index in [1.54, 1.807) is 0 Å². The largest absolute Gasteiger partial charge is 0.416 e. The van der Waals surface area contributed by atoms with Gasteiger partial charge in [-0.1, -0.05) is 36.4 Å². The summed E-state index contributed by atoms with van der Waals surface area (Å²) in [6.45, 7) is 1.95. The molecule has 144 valence electrons. The van der Waals surface area contributed by atoms with Crippen LogP contribution in [0.2, 0.25) is 0 Å². The number of alkyl halides is 3.